The summed E-state index contributed by atoms with van der Waals surface area (Å²) < 4.78 is 24.0. The number of benzene rings is 1. The zero-order valence-electron chi connectivity index (χ0n) is 18.0. The fraction of sp³-hybridized carbons (Fsp3) is 0.333. The third-order valence-corrected chi connectivity index (χ3v) is 6.01. The first-order valence-corrected chi connectivity index (χ1v) is 10.3. The molecular formula is C21H21FN6O5. The molecule has 2 aromatic heterocycles. The van der Waals surface area contributed by atoms with E-state index >= 15 is 4.39 Å². The van der Waals surface area contributed by atoms with Crippen molar-refractivity contribution in [1.82, 2.24) is 14.5 Å². The number of rotatable bonds is 3. The summed E-state index contributed by atoms with van der Waals surface area (Å²) in [7, 11) is 3.27. The monoisotopic (exact) mass is 456 g/mol. The molecule has 1 aromatic carbocycles. The number of aromatic carboxylic acids is 1. The van der Waals surface area contributed by atoms with Crippen molar-refractivity contribution < 1.29 is 19.0 Å². The van der Waals surface area contributed by atoms with Gasteiger partial charge in [-0.1, -0.05) is 0 Å². The number of ether oxygens (including phenoxy) is 1. The van der Waals surface area contributed by atoms with Crippen molar-refractivity contribution in [3.63, 3.8) is 0 Å². The van der Waals surface area contributed by atoms with E-state index in [1.165, 1.54) is 21.6 Å². The predicted molar refractivity (Wildman–Crippen MR) is 119 cm³/mol. The highest BCUT2D eigenvalue weighted by atomic mass is 19.1. The molecule has 3 aromatic rings. The number of hydrogen-bond acceptors (Lipinski definition) is 8. The van der Waals surface area contributed by atoms with Crippen molar-refractivity contribution in [3.8, 4) is 5.75 Å². The Balaban J connectivity index is 1.55. The van der Waals surface area contributed by atoms with Gasteiger partial charge >= 0.3 is 5.97 Å². The molecule has 2 aliphatic heterocycles. The lowest BCUT2D eigenvalue weighted by atomic mass is 10.1. The van der Waals surface area contributed by atoms with E-state index in [9.17, 15) is 19.5 Å². The molecule has 0 atom stereocenters. The second-order valence-electron chi connectivity index (χ2n) is 8.01. The van der Waals surface area contributed by atoms with Crippen LogP contribution < -0.4 is 30.5 Å². The topological polar surface area (TPSA) is 113 Å². The number of aromatic nitrogens is 3. The standard InChI is InChI=1S/C21H21FN6O5/c1-24-11-33-20-17-12(19(30)13(21(31)32)10-28(17)24)9-14(22)18(20)27-7-5-26(6-8-27)15-3-4-16(29)25(2)23-15/h3-4,9-10H,5-8,11H2,1-2H3,(H,31,32). The number of carboxylic acid groups (broad SMARTS) is 1. The number of anilines is 2. The maximum atomic E-state index is 15.3. The maximum absolute atomic E-state index is 15.3. The van der Waals surface area contributed by atoms with Gasteiger partial charge in [-0.05, 0) is 12.1 Å². The number of carbonyl (C=O) groups is 1. The highest BCUT2D eigenvalue weighted by molar-refractivity contribution is 5.97. The van der Waals surface area contributed by atoms with E-state index in [4.69, 9.17) is 4.74 Å². The van der Waals surface area contributed by atoms with E-state index in [-0.39, 0.29) is 29.1 Å². The summed E-state index contributed by atoms with van der Waals surface area (Å²) >= 11 is 0. The largest absolute Gasteiger partial charge is 0.477 e. The van der Waals surface area contributed by atoms with Crippen LogP contribution in [0.15, 0.2) is 34.0 Å². The van der Waals surface area contributed by atoms with Crippen LogP contribution in [0.3, 0.4) is 0 Å². The SMILES string of the molecule is CN1COc2c(N3CCN(c4ccc(=O)n(C)n4)CC3)c(F)cc3c(=O)c(C(=O)O)cn1c23. The van der Waals surface area contributed by atoms with Crippen LogP contribution in [-0.4, -0.2) is 65.5 Å². The van der Waals surface area contributed by atoms with Crippen LogP contribution in [-0.2, 0) is 7.05 Å². The predicted octanol–water partition coefficient (Wildman–Crippen LogP) is 0.177. The molecule has 172 valence electrons. The summed E-state index contributed by atoms with van der Waals surface area (Å²) in [5.41, 5.74) is -0.830. The van der Waals surface area contributed by atoms with Gasteiger partial charge in [-0.3, -0.25) is 19.3 Å². The van der Waals surface area contributed by atoms with Crippen LogP contribution in [0.5, 0.6) is 5.75 Å². The third kappa shape index (κ3) is 3.25. The van der Waals surface area contributed by atoms with E-state index < -0.39 is 22.8 Å². The smallest absolute Gasteiger partial charge is 0.341 e. The maximum Gasteiger partial charge on any atom is 0.341 e. The van der Waals surface area contributed by atoms with Crippen molar-refractivity contribution in [2.24, 2.45) is 7.05 Å². The number of nitrogens with zero attached hydrogens (tertiary/aromatic N) is 6. The van der Waals surface area contributed by atoms with Crippen molar-refractivity contribution in [2.45, 2.75) is 0 Å². The minimum atomic E-state index is -1.38. The zero-order chi connectivity index (χ0) is 23.4. The Bertz CT molecular complexity index is 1410. The molecule has 0 aliphatic carbocycles. The molecular weight excluding hydrogens is 435 g/mol. The van der Waals surface area contributed by atoms with Gasteiger partial charge in [-0.2, -0.15) is 5.10 Å². The van der Waals surface area contributed by atoms with Crippen molar-refractivity contribution in [1.29, 1.82) is 0 Å². The van der Waals surface area contributed by atoms with E-state index in [1.807, 2.05) is 9.80 Å². The van der Waals surface area contributed by atoms with Crippen LogP contribution in [0, 0.1) is 5.82 Å². The molecule has 1 saturated heterocycles. The molecule has 0 saturated carbocycles. The zero-order valence-corrected chi connectivity index (χ0v) is 18.0. The Labute approximate surface area is 186 Å². The van der Waals surface area contributed by atoms with Gasteiger partial charge in [0.25, 0.3) is 5.56 Å². The van der Waals surface area contributed by atoms with Crippen LogP contribution >= 0.6 is 0 Å². The van der Waals surface area contributed by atoms with Gasteiger partial charge in [0.05, 0.1) is 5.39 Å². The molecule has 33 heavy (non-hydrogen) atoms. The van der Waals surface area contributed by atoms with Crippen LogP contribution in [0.2, 0.25) is 0 Å². The molecule has 12 heteroatoms. The molecule has 0 unspecified atom stereocenters. The fourth-order valence-electron chi connectivity index (χ4n) is 4.29. The minimum Gasteiger partial charge on any atom is -0.477 e. The van der Waals surface area contributed by atoms with Crippen LogP contribution in [0.25, 0.3) is 10.9 Å². The number of aryl methyl sites for hydroxylation is 1. The molecule has 0 radical (unpaired) electrons. The van der Waals surface area contributed by atoms with Crippen molar-refractivity contribution >= 4 is 28.4 Å². The van der Waals surface area contributed by atoms with Crippen LogP contribution in [0.4, 0.5) is 15.9 Å². The van der Waals surface area contributed by atoms with Gasteiger partial charge < -0.3 is 19.6 Å². The fourth-order valence-corrected chi connectivity index (χ4v) is 4.29. The van der Waals surface area contributed by atoms with Crippen molar-refractivity contribution in [3.05, 3.63) is 56.4 Å². The molecule has 5 rings (SSSR count). The van der Waals surface area contributed by atoms with E-state index in [0.717, 1.165) is 6.07 Å². The molecule has 0 spiro atoms. The normalized spacial score (nSPS) is 15.7. The Morgan fingerprint density at radius 1 is 1.12 bits per heavy atom. The summed E-state index contributed by atoms with van der Waals surface area (Å²) in [5, 5.41) is 15.2. The highest BCUT2D eigenvalue weighted by Crippen LogP contribution is 2.40. The van der Waals surface area contributed by atoms with Gasteiger partial charge in [0.2, 0.25) is 5.43 Å². The van der Waals surface area contributed by atoms with Gasteiger partial charge in [-0.25, -0.2) is 13.9 Å². The summed E-state index contributed by atoms with van der Waals surface area (Å²) in [6.45, 7) is 2.04. The van der Waals surface area contributed by atoms with Crippen molar-refractivity contribution in [2.75, 3.05) is 54.8 Å². The van der Waals surface area contributed by atoms with E-state index in [2.05, 4.69) is 5.10 Å². The van der Waals surface area contributed by atoms with Gasteiger partial charge in [0, 0.05) is 52.5 Å². The first kappa shape index (κ1) is 20.8. The second-order valence-corrected chi connectivity index (χ2v) is 8.01. The Morgan fingerprint density at radius 2 is 1.82 bits per heavy atom. The average molecular weight is 456 g/mol. The highest BCUT2D eigenvalue weighted by Gasteiger charge is 2.31. The summed E-state index contributed by atoms with van der Waals surface area (Å²) in [4.78, 5) is 39.7. The van der Waals surface area contributed by atoms with E-state index in [0.29, 0.717) is 37.5 Å². The summed E-state index contributed by atoms with van der Waals surface area (Å²) in [6, 6.07) is 4.20. The quantitative estimate of drug-likeness (QED) is 0.590. The number of hydrogen-bond donors (Lipinski definition) is 1. The van der Waals surface area contributed by atoms with Gasteiger partial charge in [-0.15, -0.1) is 0 Å². The number of halogens is 1. The Hall–Kier alpha value is -4.09. The van der Waals surface area contributed by atoms with Gasteiger partial charge in [0.1, 0.15) is 22.6 Å². The first-order chi connectivity index (χ1) is 15.8. The number of piperazine rings is 1. The average Bonchev–Trinajstić information content (AvgIpc) is 2.79. The molecule has 1 N–H and O–H groups in total. The molecule has 2 aliphatic rings. The second kappa shape index (κ2) is 7.50. The summed E-state index contributed by atoms with van der Waals surface area (Å²) in [5.74, 6) is -1.16. The number of pyridine rings is 1. The first-order valence-electron chi connectivity index (χ1n) is 10.3. The molecule has 1 fully saturated rings. The summed E-state index contributed by atoms with van der Waals surface area (Å²) in [6.07, 6.45) is 1.24. The lowest BCUT2D eigenvalue weighted by molar-refractivity contribution is 0.0694. The van der Waals surface area contributed by atoms with E-state index in [1.54, 1.807) is 25.2 Å². The lowest BCUT2D eigenvalue weighted by Gasteiger charge is -2.39. The Kier molecular flexibility index (Phi) is 4.73. The third-order valence-electron chi connectivity index (χ3n) is 6.01. The molecule has 4 heterocycles. The molecule has 0 bridgehead atoms. The minimum absolute atomic E-state index is 0.0502. The van der Waals surface area contributed by atoms with Gasteiger partial charge in [0.15, 0.2) is 18.3 Å². The molecule has 0 amide bonds. The number of carboxylic acids is 1. The van der Waals surface area contributed by atoms with Crippen LogP contribution in [0.1, 0.15) is 10.4 Å². The molecule has 11 nitrogen and oxygen atoms in total. The Morgan fingerprint density at radius 3 is 2.48 bits per heavy atom. The lowest BCUT2D eigenvalue weighted by Crippen LogP contribution is -2.48.